The molecule has 0 unspecified atom stereocenters. The Bertz CT molecular complexity index is 918. The number of carbonyl (C=O) groups is 5. The Morgan fingerprint density at radius 1 is 0.921 bits per heavy atom. The van der Waals surface area contributed by atoms with E-state index in [1.807, 2.05) is 20.8 Å². The lowest BCUT2D eigenvalue weighted by atomic mass is 9.84. The van der Waals surface area contributed by atoms with Crippen molar-refractivity contribution in [3.63, 3.8) is 0 Å². The summed E-state index contributed by atoms with van der Waals surface area (Å²) in [5.41, 5.74) is 5.16. The van der Waals surface area contributed by atoms with Crippen molar-refractivity contribution in [2.75, 3.05) is 6.54 Å². The fourth-order valence-electron chi connectivity index (χ4n) is 7.10. The highest BCUT2D eigenvalue weighted by atomic mass is 16.2. The molecule has 3 aliphatic rings. The zero-order chi connectivity index (χ0) is 28.3. The van der Waals surface area contributed by atoms with Gasteiger partial charge in [-0.2, -0.15) is 0 Å². The molecule has 3 fully saturated rings. The highest BCUT2D eigenvalue weighted by Crippen LogP contribution is 2.65. The molecular weight excluding hydrogens is 480 g/mol. The van der Waals surface area contributed by atoms with Crippen LogP contribution in [-0.2, 0) is 24.0 Å². The van der Waals surface area contributed by atoms with Gasteiger partial charge in [-0.25, -0.2) is 0 Å². The first-order valence-electron chi connectivity index (χ1n) is 14.9. The van der Waals surface area contributed by atoms with Gasteiger partial charge in [0.1, 0.15) is 5.78 Å². The third kappa shape index (κ3) is 7.53. The number of hydrogen-bond acceptors (Lipinski definition) is 5. The number of piperidine rings is 1. The number of Topliss-reactive ketones (excluding diaryl/α,β-unsaturated/α-hetero) is 3. The van der Waals surface area contributed by atoms with E-state index in [4.69, 9.17) is 5.73 Å². The Hall–Kier alpha value is -2.05. The van der Waals surface area contributed by atoms with Gasteiger partial charge in [-0.1, -0.05) is 86.0 Å². The van der Waals surface area contributed by atoms with Crippen LogP contribution < -0.4 is 5.73 Å². The fourth-order valence-corrected chi connectivity index (χ4v) is 7.10. The van der Waals surface area contributed by atoms with Crippen molar-refractivity contribution in [2.24, 2.45) is 40.2 Å². The van der Waals surface area contributed by atoms with Crippen LogP contribution in [0.15, 0.2) is 0 Å². The Labute approximate surface area is 229 Å². The summed E-state index contributed by atoms with van der Waals surface area (Å²) in [5.74, 6) is -2.65. The molecule has 3 rings (SSSR count). The second-order valence-corrected chi connectivity index (χ2v) is 14.1. The molecule has 0 aromatic carbocycles. The molecule has 0 aromatic rings. The highest BCUT2D eigenvalue weighted by molar-refractivity contribution is 6.36. The minimum Gasteiger partial charge on any atom is -0.363 e. The average molecular weight is 531 g/mol. The zero-order valence-corrected chi connectivity index (χ0v) is 24.4. The van der Waals surface area contributed by atoms with Crippen LogP contribution in [0.25, 0.3) is 0 Å². The summed E-state index contributed by atoms with van der Waals surface area (Å²) in [6.45, 7) is 10.9. The van der Waals surface area contributed by atoms with Crippen molar-refractivity contribution >= 4 is 29.2 Å². The number of nitrogens with two attached hydrogens (primary N) is 1. The van der Waals surface area contributed by atoms with Crippen LogP contribution in [0.2, 0.25) is 0 Å². The van der Waals surface area contributed by atoms with E-state index in [9.17, 15) is 24.0 Å². The van der Waals surface area contributed by atoms with Gasteiger partial charge in [0.25, 0.3) is 5.91 Å². The first kappa shape index (κ1) is 30.5. The summed E-state index contributed by atoms with van der Waals surface area (Å²) < 4.78 is 0. The molecule has 7 heteroatoms. The van der Waals surface area contributed by atoms with E-state index in [0.29, 0.717) is 25.8 Å². The third-order valence-electron chi connectivity index (χ3n) is 9.29. The highest BCUT2D eigenvalue weighted by Gasteiger charge is 2.69. The van der Waals surface area contributed by atoms with Crippen LogP contribution in [0.3, 0.4) is 0 Å². The summed E-state index contributed by atoms with van der Waals surface area (Å²) in [7, 11) is 0. The van der Waals surface area contributed by atoms with Gasteiger partial charge in [-0.05, 0) is 35.5 Å². The van der Waals surface area contributed by atoms with Gasteiger partial charge in [-0.15, -0.1) is 0 Å². The molecule has 2 N–H and O–H groups in total. The molecule has 1 saturated carbocycles. The molecule has 2 saturated heterocycles. The molecule has 2 amide bonds. The summed E-state index contributed by atoms with van der Waals surface area (Å²) in [5, 5.41) is 0. The lowest BCUT2D eigenvalue weighted by Gasteiger charge is -2.33. The predicted octanol–water partition coefficient (Wildman–Crippen LogP) is 5.03. The third-order valence-corrected chi connectivity index (χ3v) is 9.29. The van der Waals surface area contributed by atoms with Gasteiger partial charge in [-0.3, -0.25) is 24.0 Å². The fraction of sp³-hybridized carbons (Fsp3) is 0.839. The van der Waals surface area contributed by atoms with Crippen molar-refractivity contribution in [3.05, 3.63) is 0 Å². The average Bonchev–Trinajstić information content (AvgIpc) is 3.14. The number of fused-ring (bicyclic) bond motifs is 3. The van der Waals surface area contributed by atoms with Crippen molar-refractivity contribution in [3.8, 4) is 0 Å². The Balaban J connectivity index is 1.86. The van der Waals surface area contributed by atoms with Crippen LogP contribution in [0.5, 0.6) is 0 Å². The molecule has 7 nitrogen and oxygen atoms in total. The molecular formula is C31H50N2O5. The van der Waals surface area contributed by atoms with Gasteiger partial charge in [0.2, 0.25) is 11.7 Å². The number of carbonyl (C=O) groups excluding carboxylic acids is 5. The van der Waals surface area contributed by atoms with E-state index < -0.39 is 29.6 Å². The molecule has 0 spiro atoms. The first-order valence-corrected chi connectivity index (χ1v) is 14.9. The maximum absolute atomic E-state index is 14.0. The minimum absolute atomic E-state index is 0.0450. The number of amides is 2. The second-order valence-electron chi connectivity index (χ2n) is 14.1. The maximum atomic E-state index is 14.0. The van der Waals surface area contributed by atoms with Crippen molar-refractivity contribution < 1.29 is 24.0 Å². The monoisotopic (exact) mass is 530 g/mol. The Kier molecular flexibility index (Phi) is 9.97. The summed E-state index contributed by atoms with van der Waals surface area (Å²) in [6.07, 6.45) is 9.78. The van der Waals surface area contributed by atoms with E-state index in [-0.39, 0.29) is 53.0 Å². The topological polar surface area (TPSA) is 115 Å². The van der Waals surface area contributed by atoms with E-state index in [0.717, 1.165) is 51.4 Å². The van der Waals surface area contributed by atoms with Gasteiger partial charge in [0, 0.05) is 37.6 Å². The quantitative estimate of drug-likeness (QED) is 0.501. The molecule has 0 bridgehead atoms. The van der Waals surface area contributed by atoms with Crippen molar-refractivity contribution in [2.45, 2.75) is 124 Å². The molecule has 214 valence electrons. The van der Waals surface area contributed by atoms with Gasteiger partial charge < -0.3 is 10.6 Å². The van der Waals surface area contributed by atoms with Crippen LogP contribution in [0, 0.1) is 34.5 Å². The van der Waals surface area contributed by atoms with Crippen LogP contribution >= 0.6 is 0 Å². The van der Waals surface area contributed by atoms with Crippen LogP contribution in [0.4, 0.5) is 0 Å². The lowest BCUT2D eigenvalue weighted by Crippen LogP contribution is -2.49. The molecule has 0 radical (unpaired) electrons. The van der Waals surface area contributed by atoms with Crippen molar-refractivity contribution in [1.82, 2.24) is 4.90 Å². The van der Waals surface area contributed by atoms with Gasteiger partial charge in [0.15, 0.2) is 5.78 Å². The molecule has 2 heterocycles. The number of primary amides is 1. The van der Waals surface area contributed by atoms with E-state index in [2.05, 4.69) is 13.8 Å². The second kappa shape index (κ2) is 12.4. The molecule has 38 heavy (non-hydrogen) atoms. The smallest absolute Gasteiger partial charge is 0.285 e. The maximum Gasteiger partial charge on any atom is 0.285 e. The van der Waals surface area contributed by atoms with Gasteiger partial charge in [0.05, 0.1) is 6.04 Å². The van der Waals surface area contributed by atoms with Crippen LogP contribution in [0.1, 0.15) is 118 Å². The summed E-state index contributed by atoms with van der Waals surface area (Å²) in [6, 6.07) is -0.596. The number of nitrogens with zero attached hydrogens (tertiary/aromatic N) is 1. The number of rotatable bonds is 5. The largest absolute Gasteiger partial charge is 0.363 e. The minimum atomic E-state index is -0.991. The number of hydrogen-bond donors (Lipinski definition) is 1. The zero-order valence-electron chi connectivity index (χ0n) is 24.4. The van der Waals surface area contributed by atoms with Crippen LogP contribution in [-0.4, -0.2) is 46.7 Å². The summed E-state index contributed by atoms with van der Waals surface area (Å²) in [4.78, 5) is 66.9. The number of ketones is 3. The lowest BCUT2D eigenvalue weighted by molar-refractivity contribution is -0.145. The Morgan fingerprint density at radius 3 is 2.03 bits per heavy atom. The summed E-state index contributed by atoms with van der Waals surface area (Å²) >= 11 is 0. The Morgan fingerprint density at radius 2 is 1.47 bits per heavy atom. The SMILES string of the molecule is CC(C)(C)CC(=O)C[C@H]1CCCCCCCCCC[C@@H](C(=O)C(N)=O)CC(=O)[C@@H]2[C@@H]3[C@H](CN2C1=O)C3(C)C. The molecule has 0 aromatic heterocycles. The van der Waals surface area contributed by atoms with E-state index in [1.165, 1.54) is 0 Å². The van der Waals surface area contributed by atoms with E-state index in [1.54, 1.807) is 4.90 Å². The first-order chi connectivity index (χ1) is 17.7. The molecule has 2 aliphatic heterocycles. The van der Waals surface area contributed by atoms with E-state index >= 15 is 0 Å². The normalized spacial score (nSPS) is 31.2. The molecule has 5 atom stereocenters. The molecule has 1 aliphatic carbocycles. The van der Waals surface area contributed by atoms with Crippen molar-refractivity contribution in [1.29, 1.82) is 0 Å². The standard InChI is InChI=1S/C31H50N2O5/c1-30(2,3)18-22(34)16-21-15-13-11-9-7-6-8-10-12-14-20(27(36)28(32)37)17-24(35)26-25-23(31(25,4)5)19-33(26)29(21)38/h20-21,23,25-26H,6-19H2,1-5H3,(H2,32,37)/t20-,21-,23+,25+,26-/m1/s1. The van der Waals surface area contributed by atoms with Gasteiger partial charge >= 0.3 is 0 Å². The predicted molar refractivity (Wildman–Crippen MR) is 147 cm³/mol.